The van der Waals surface area contributed by atoms with Gasteiger partial charge in [0.05, 0.1) is 17.7 Å². The van der Waals surface area contributed by atoms with Gasteiger partial charge in [-0.1, -0.05) is 82.5 Å². The van der Waals surface area contributed by atoms with Gasteiger partial charge < -0.3 is 14.5 Å². The van der Waals surface area contributed by atoms with Gasteiger partial charge in [0.15, 0.2) is 0 Å². The molecule has 3 aromatic rings. The summed E-state index contributed by atoms with van der Waals surface area (Å²) >= 11 is 30.5. The molecule has 186 valence electrons. The molecule has 1 N–H and O–H groups in total. The number of carbonyl (C=O) groups is 2. The fourth-order valence-electron chi connectivity index (χ4n) is 3.11. The van der Waals surface area contributed by atoms with Crippen LogP contribution in [0.4, 0.5) is 0 Å². The molecular weight excluding hydrogens is 586 g/mol. The minimum atomic E-state index is -1.96. The molecule has 12 heteroatoms. The monoisotopic (exact) mass is 600 g/mol. The SMILES string of the molecule is O=C(N[C@H](Oc1ccc(/C=C2\SC(=S)N(Cc3ccco3)C2=O)cc1)C(Cl)(Cl)Cl)c1ccc(Cl)cc1. The molecule has 1 saturated heterocycles. The lowest BCUT2D eigenvalue weighted by Gasteiger charge is -2.26. The van der Waals surface area contributed by atoms with Crippen molar-refractivity contribution in [2.24, 2.45) is 0 Å². The van der Waals surface area contributed by atoms with Gasteiger partial charge >= 0.3 is 0 Å². The first-order valence-electron chi connectivity index (χ1n) is 10.3. The molecule has 0 saturated carbocycles. The van der Waals surface area contributed by atoms with Gasteiger partial charge in [-0.15, -0.1) is 0 Å². The molecule has 2 aromatic carbocycles. The quantitative estimate of drug-likeness (QED) is 0.138. The van der Waals surface area contributed by atoms with Gasteiger partial charge in [0.2, 0.25) is 10.0 Å². The first-order valence-corrected chi connectivity index (χ1v) is 13.0. The smallest absolute Gasteiger partial charge is 0.266 e. The fourth-order valence-corrected chi connectivity index (χ4v) is 4.78. The number of amides is 2. The molecule has 1 fully saturated rings. The maximum absolute atomic E-state index is 12.8. The van der Waals surface area contributed by atoms with Crippen molar-refractivity contribution in [1.29, 1.82) is 0 Å². The molecule has 0 radical (unpaired) electrons. The van der Waals surface area contributed by atoms with Crippen LogP contribution in [0.15, 0.2) is 76.2 Å². The predicted molar refractivity (Wildman–Crippen MR) is 147 cm³/mol. The van der Waals surface area contributed by atoms with Crippen LogP contribution in [0.25, 0.3) is 6.08 Å². The van der Waals surface area contributed by atoms with Crippen LogP contribution in [0.3, 0.4) is 0 Å². The lowest BCUT2D eigenvalue weighted by molar-refractivity contribution is -0.122. The van der Waals surface area contributed by atoms with E-state index in [-0.39, 0.29) is 12.5 Å². The highest BCUT2D eigenvalue weighted by atomic mass is 35.6. The molecular formula is C24H16Cl4N2O4S2. The summed E-state index contributed by atoms with van der Waals surface area (Å²) in [5, 5.41) is 3.05. The Labute approximate surface area is 236 Å². The number of carbonyl (C=O) groups excluding carboxylic acids is 2. The number of hydrogen-bond donors (Lipinski definition) is 1. The van der Waals surface area contributed by atoms with Crippen LogP contribution in [0.2, 0.25) is 5.02 Å². The maximum atomic E-state index is 12.8. The Kier molecular flexibility index (Phi) is 8.55. The Morgan fingerprint density at radius 2 is 1.83 bits per heavy atom. The zero-order valence-corrected chi connectivity index (χ0v) is 22.8. The molecule has 1 atom stereocenters. The van der Waals surface area contributed by atoms with Gasteiger partial charge in [-0.25, -0.2) is 0 Å². The first kappa shape index (κ1) is 26.9. The second-order valence-corrected chi connectivity index (χ2v) is 11.9. The van der Waals surface area contributed by atoms with E-state index in [0.717, 1.165) is 5.56 Å². The van der Waals surface area contributed by atoms with E-state index < -0.39 is 15.9 Å². The summed E-state index contributed by atoms with van der Waals surface area (Å²) in [6.07, 6.45) is 1.98. The van der Waals surface area contributed by atoms with Crippen molar-refractivity contribution in [3.8, 4) is 5.75 Å². The number of nitrogens with one attached hydrogen (secondary N) is 1. The third kappa shape index (κ3) is 6.76. The van der Waals surface area contributed by atoms with Crippen LogP contribution in [0.5, 0.6) is 5.75 Å². The van der Waals surface area contributed by atoms with E-state index in [2.05, 4.69) is 5.32 Å². The molecule has 1 aliphatic rings. The van der Waals surface area contributed by atoms with Crippen molar-refractivity contribution in [3.05, 3.63) is 93.7 Å². The number of thiocarbonyl (C=S) groups is 1. The number of furan rings is 1. The highest BCUT2D eigenvalue weighted by Gasteiger charge is 2.36. The van der Waals surface area contributed by atoms with Gasteiger partial charge in [0.25, 0.3) is 11.8 Å². The van der Waals surface area contributed by atoms with Gasteiger partial charge in [-0.05, 0) is 60.2 Å². The number of halogens is 4. The summed E-state index contributed by atoms with van der Waals surface area (Å²) in [4.78, 5) is 27.3. The Bertz CT molecular complexity index is 1290. The minimum Gasteiger partial charge on any atom is -0.467 e. The van der Waals surface area contributed by atoms with Crippen molar-refractivity contribution in [2.75, 3.05) is 0 Å². The standard InChI is InChI=1S/C24H16Cl4N2O4S2/c25-16-7-5-15(6-8-16)20(31)29-22(24(26,27)28)34-17-9-3-14(4-10-17)12-19-21(32)30(23(35)36-19)13-18-2-1-11-33-18/h1-12,22H,13H2,(H,29,31)/b19-12-/t22-/m1/s1. The molecule has 6 nitrogen and oxygen atoms in total. The van der Waals surface area contributed by atoms with E-state index in [0.29, 0.717) is 31.3 Å². The van der Waals surface area contributed by atoms with E-state index in [1.54, 1.807) is 73.0 Å². The van der Waals surface area contributed by atoms with E-state index in [1.165, 1.54) is 16.7 Å². The Morgan fingerprint density at radius 3 is 2.44 bits per heavy atom. The number of thioether (sulfide) groups is 1. The van der Waals surface area contributed by atoms with E-state index >= 15 is 0 Å². The number of rotatable bonds is 7. The van der Waals surface area contributed by atoms with Crippen LogP contribution in [-0.2, 0) is 11.3 Å². The van der Waals surface area contributed by atoms with Crippen molar-refractivity contribution in [1.82, 2.24) is 10.2 Å². The van der Waals surface area contributed by atoms with Crippen LogP contribution in [-0.4, -0.2) is 31.1 Å². The third-order valence-electron chi connectivity index (χ3n) is 4.87. The van der Waals surface area contributed by atoms with Crippen LogP contribution < -0.4 is 10.1 Å². The molecule has 0 bridgehead atoms. The molecule has 36 heavy (non-hydrogen) atoms. The molecule has 4 rings (SSSR count). The molecule has 2 amide bonds. The molecule has 1 aromatic heterocycles. The summed E-state index contributed by atoms with van der Waals surface area (Å²) in [5.74, 6) is 0.269. The van der Waals surface area contributed by atoms with Crippen molar-refractivity contribution in [2.45, 2.75) is 16.6 Å². The van der Waals surface area contributed by atoms with Gasteiger partial charge in [0.1, 0.15) is 15.8 Å². The van der Waals surface area contributed by atoms with Gasteiger partial charge in [0, 0.05) is 10.6 Å². The van der Waals surface area contributed by atoms with Crippen LogP contribution in [0.1, 0.15) is 21.7 Å². The third-order valence-corrected chi connectivity index (χ3v) is 7.09. The van der Waals surface area contributed by atoms with Crippen molar-refractivity contribution >= 4 is 92.6 Å². The van der Waals surface area contributed by atoms with Gasteiger partial charge in [-0.2, -0.15) is 0 Å². The highest BCUT2D eigenvalue weighted by molar-refractivity contribution is 8.26. The lowest BCUT2D eigenvalue weighted by atomic mass is 10.2. The lowest BCUT2D eigenvalue weighted by Crippen LogP contribution is -2.47. The first-order chi connectivity index (χ1) is 17.1. The zero-order chi connectivity index (χ0) is 25.9. The summed E-state index contributed by atoms with van der Waals surface area (Å²) in [7, 11) is 0. The molecule has 0 aliphatic carbocycles. The highest BCUT2D eigenvalue weighted by Crippen LogP contribution is 2.35. The summed E-state index contributed by atoms with van der Waals surface area (Å²) in [6.45, 7) is 0.266. The molecule has 0 spiro atoms. The minimum absolute atomic E-state index is 0.206. The number of nitrogens with zero attached hydrogens (tertiary/aromatic N) is 1. The topological polar surface area (TPSA) is 71.8 Å². The largest absolute Gasteiger partial charge is 0.467 e. The molecule has 2 heterocycles. The average Bonchev–Trinajstić information content (AvgIpc) is 3.44. The normalized spacial score (nSPS) is 15.9. The zero-order valence-electron chi connectivity index (χ0n) is 18.1. The van der Waals surface area contributed by atoms with E-state index in [1.807, 2.05) is 0 Å². The molecule has 0 unspecified atom stereocenters. The second kappa shape index (κ2) is 11.5. The second-order valence-electron chi connectivity index (χ2n) is 7.44. The fraction of sp³-hybridized carbons (Fsp3) is 0.125. The van der Waals surface area contributed by atoms with E-state index in [4.69, 9.17) is 67.8 Å². The Morgan fingerprint density at radius 1 is 1.14 bits per heavy atom. The van der Waals surface area contributed by atoms with Crippen molar-refractivity contribution in [3.63, 3.8) is 0 Å². The summed E-state index contributed by atoms with van der Waals surface area (Å²) in [5.41, 5.74) is 1.05. The van der Waals surface area contributed by atoms with E-state index in [9.17, 15) is 9.59 Å². The Balaban J connectivity index is 1.43. The Hall–Kier alpha value is -2.20. The number of ether oxygens (including phenoxy) is 1. The molecule has 1 aliphatic heterocycles. The number of benzene rings is 2. The number of hydrogen-bond acceptors (Lipinski definition) is 6. The summed E-state index contributed by atoms with van der Waals surface area (Å²) < 4.78 is 9.55. The van der Waals surface area contributed by atoms with Crippen LogP contribution >= 0.6 is 70.4 Å². The maximum Gasteiger partial charge on any atom is 0.266 e. The average molecular weight is 602 g/mol. The predicted octanol–water partition coefficient (Wildman–Crippen LogP) is 6.84. The summed E-state index contributed by atoms with van der Waals surface area (Å²) in [6, 6.07) is 16.5. The number of alkyl halides is 3. The van der Waals surface area contributed by atoms with Gasteiger partial charge in [-0.3, -0.25) is 14.5 Å². The van der Waals surface area contributed by atoms with Crippen LogP contribution in [0, 0.1) is 0 Å². The van der Waals surface area contributed by atoms with Crippen molar-refractivity contribution < 1.29 is 18.7 Å².